The Labute approximate surface area is 135 Å². The number of rotatable bonds is 5. The van der Waals surface area contributed by atoms with Crippen molar-refractivity contribution in [2.75, 3.05) is 6.54 Å². The molecule has 0 spiro atoms. The first kappa shape index (κ1) is 16.5. The summed E-state index contributed by atoms with van der Waals surface area (Å²) in [6.07, 6.45) is 2.33. The van der Waals surface area contributed by atoms with Gasteiger partial charge in [0.25, 0.3) is 5.91 Å². The Morgan fingerprint density at radius 2 is 2.09 bits per heavy atom. The Hall–Kier alpha value is -1.85. The summed E-state index contributed by atoms with van der Waals surface area (Å²) in [7, 11) is 0. The Morgan fingerprint density at radius 3 is 2.73 bits per heavy atom. The molecule has 0 saturated heterocycles. The molecule has 1 aliphatic rings. The van der Waals surface area contributed by atoms with E-state index in [4.69, 9.17) is 10.3 Å². The van der Waals surface area contributed by atoms with Crippen LogP contribution >= 0.6 is 12.4 Å². The number of hydrogen-bond acceptors (Lipinski definition) is 4. The normalized spacial score (nSPS) is 15.0. The second-order valence-electron chi connectivity index (χ2n) is 5.54. The van der Waals surface area contributed by atoms with Crippen molar-refractivity contribution in [2.45, 2.75) is 25.8 Å². The van der Waals surface area contributed by atoms with E-state index in [1.54, 1.807) is 6.92 Å². The zero-order valence-electron chi connectivity index (χ0n) is 12.4. The Morgan fingerprint density at radius 1 is 1.41 bits per heavy atom. The van der Waals surface area contributed by atoms with Gasteiger partial charge in [0.05, 0.1) is 0 Å². The van der Waals surface area contributed by atoms with E-state index in [-0.39, 0.29) is 24.4 Å². The Bertz CT molecular complexity index is 638. The van der Waals surface area contributed by atoms with Crippen molar-refractivity contribution in [1.29, 1.82) is 0 Å². The number of carbonyl (C=O) groups excluding carboxylic acids is 1. The number of carbonyl (C=O) groups is 1. The van der Waals surface area contributed by atoms with Crippen LogP contribution in [0.2, 0.25) is 0 Å². The third-order valence-corrected chi connectivity index (χ3v) is 3.86. The smallest absolute Gasteiger partial charge is 0.257 e. The van der Waals surface area contributed by atoms with Crippen molar-refractivity contribution in [3.63, 3.8) is 0 Å². The lowest BCUT2D eigenvalue weighted by Gasteiger charge is -2.11. The molecule has 1 aliphatic carbocycles. The van der Waals surface area contributed by atoms with Crippen LogP contribution in [0.1, 0.15) is 29.0 Å². The highest BCUT2D eigenvalue weighted by Gasteiger charge is 2.29. The monoisotopic (exact) mass is 321 g/mol. The molecule has 1 amide bonds. The number of nitrogens with zero attached hydrogens (tertiary/aromatic N) is 1. The van der Waals surface area contributed by atoms with Gasteiger partial charge in [-0.25, -0.2) is 0 Å². The highest BCUT2D eigenvalue weighted by molar-refractivity contribution is 6.00. The van der Waals surface area contributed by atoms with Gasteiger partial charge in [0.15, 0.2) is 0 Å². The van der Waals surface area contributed by atoms with Crippen molar-refractivity contribution in [3.8, 4) is 11.3 Å². The van der Waals surface area contributed by atoms with Crippen molar-refractivity contribution in [1.82, 2.24) is 10.5 Å². The van der Waals surface area contributed by atoms with Gasteiger partial charge in [0, 0.05) is 18.2 Å². The average Bonchev–Trinajstić information content (AvgIpc) is 3.28. The van der Waals surface area contributed by atoms with E-state index >= 15 is 0 Å². The van der Waals surface area contributed by atoms with Crippen molar-refractivity contribution >= 4 is 18.3 Å². The Kier molecular flexibility index (Phi) is 5.21. The summed E-state index contributed by atoms with van der Waals surface area (Å²) in [5.41, 5.74) is 7.95. The number of nitrogens with two attached hydrogens (primary N) is 1. The maximum atomic E-state index is 12.4. The summed E-state index contributed by atoms with van der Waals surface area (Å²) in [6.45, 7) is 2.23. The van der Waals surface area contributed by atoms with Gasteiger partial charge in [-0.15, -0.1) is 12.4 Å². The predicted octanol–water partition coefficient (Wildman–Crippen LogP) is 2.54. The van der Waals surface area contributed by atoms with Gasteiger partial charge in [-0.3, -0.25) is 4.79 Å². The number of benzene rings is 1. The fourth-order valence-electron chi connectivity index (χ4n) is 2.42. The van der Waals surface area contributed by atoms with Gasteiger partial charge in [-0.05, 0) is 25.7 Å². The topological polar surface area (TPSA) is 81.2 Å². The molecule has 2 aromatic rings. The molecular formula is C16H20ClN3O2. The van der Waals surface area contributed by atoms with Crippen LogP contribution < -0.4 is 11.1 Å². The molecule has 1 aromatic heterocycles. The van der Waals surface area contributed by atoms with Crippen LogP contribution in [0.4, 0.5) is 0 Å². The van der Waals surface area contributed by atoms with Gasteiger partial charge in [-0.1, -0.05) is 35.5 Å². The third-order valence-electron chi connectivity index (χ3n) is 3.86. The largest absolute Gasteiger partial charge is 0.360 e. The van der Waals surface area contributed by atoms with E-state index in [2.05, 4.69) is 10.5 Å². The molecule has 0 radical (unpaired) electrons. The lowest BCUT2D eigenvalue weighted by molar-refractivity contribution is 0.0949. The summed E-state index contributed by atoms with van der Waals surface area (Å²) < 4.78 is 5.20. The predicted molar refractivity (Wildman–Crippen MR) is 87.0 cm³/mol. The van der Waals surface area contributed by atoms with Crippen molar-refractivity contribution in [3.05, 3.63) is 41.7 Å². The first-order valence-electron chi connectivity index (χ1n) is 7.22. The highest BCUT2D eigenvalue weighted by atomic mass is 35.5. The number of amides is 1. The lowest BCUT2D eigenvalue weighted by atomic mass is 10.1. The quantitative estimate of drug-likeness (QED) is 0.886. The zero-order valence-corrected chi connectivity index (χ0v) is 13.2. The van der Waals surface area contributed by atoms with Crippen molar-refractivity contribution in [2.24, 2.45) is 11.7 Å². The molecule has 1 aromatic carbocycles. The summed E-state index contributed by atoms with van der Waals surface area (Å²) in [4.78, 5) is 12.4. The molecule has 0 aliphatic heterocycles. The van der Waals surface area contributed by atoms with E-state index in [1.807, 2.05) is 30.3 Å². The molecule has 1 saturated carbocycles. The van der Waals surface area contributed by atoms with Gasteiger partial charge in [-0.2, -0.15) is 0 Å². The molecule has 1 fully saturated rings. The van der Waals surface area contributed by atoms with Crippen LogP contribution in [0.15, 0.2) is 34.9 Å². The average molecular weight is 322 g/mol. The fourth-order valence-corrected chi connectivity index (χ4v) is 2.42. The van der Waals surface area contributed by atoms with E-state index in [0.717, 1.165) is 5.56 Å². The number of aromatic nitrogens is 1. The SMILES string of the molecule is Cc1onc(-c2ccccc2)c1C(=O)NCC(N)C1CC1.Cl. The van der Waals surface area contributed by atoms with Crippen molar-refractivity contribution < 1.29 is 9.32 Å². The van der Waals surface area contributed by atoms with E-state index in [1.165, 1.54) is 12.8 Å². The summed E-state index contributed by atoms with van der Waals surface area (Å²) in [5.74, 6) is 0.900. The standard InChI is InChI=1S/C16H19N3O2.ClH/c1-10-14(16(20)18-9-13(17)11-7-8-11)15(19-21-10)12-5-3-2-4-6-12;/h2-6,11,13H,7-9,17H2,1H3,(H,18,20);1H. The van der Waals surface area contributed by atoms with Gasteiger partial charge in [0.1, 0.15) is 17.0 Å². The van der Waals surface area contributed by atoms with Crippen LogP contribution in [-0.2, 0) is 0 Å². The van der Waals surface area contributed by atoms with Crippen LogP contribution in [0, 0.1) is 12.8 Å². The van der Waals surface area contributed by atoms with Crippen LogP contribution in [0.25, 0.3) is 11.3 Å². The molecule has 1 unspecified atom stereocenters. The molecule has 3 rings (SSSR count). The molecule has 1 atom stereocenters. The second kappa shape index (κ2) is 6.94. The number of halogens is 1. The van der Waals surface area contributed by atoms with Crippen LogP contribution in [0.3, 0.4) is 0 Å². The maximum absolute atomic E-state index is 12.4. The summed E-state index contributed by atoms with van der Waals surface area (Å²) in [5, 5.41) is 6.91. The zero-order chi connectivity index (χ0) is 14.8. The molecule has 5 nitrogen and oxygen atoms in total. The van der Waals surface area contributed by atoms with Gasteiger partial charge in [0.2, 0.25) is 0 Å². The molecular weight excluding hydrogens is 302 g/mol. The summed E-state index contributed by atoms with van der Waals surface area (Å²) >= 11 is 0. The fraction of sp³-hybridized carbons (Fsp3) is 0.375. The number of nitrogens with one attached hydrogen (secondary N) is 1. The van der Waals surface area contributed by atoms with E-state index in [0.29, 0.717) is 29.5 Å². The minimum Gasteiger partial charge on any atom is -0.360 e. The molecule has 22 heavy (non-hydrogen) atoms. The maximum Gasteiger partial charge on any atom is 0.257 e. The lowest BCUT2D eigenvalue weighted by Crippen LogP contribution is -2.38. The first-order chi connectivity index (χ1) is 10.2. The van der Waals surface area contributed by atoms with E-state index < -0.39 is 0 Å². The van der Waals surface area contributed by atoms with Gasteiger partial charge >= 0.3 is 0 Å². The minimum absolute atomic E-state index is 0. The minimum atomic E-state index is -0.177. The number of aryl methyl sites for hydroxylation is 1. The second-order valence-corrected chi connectivity index (χ2v) is 5.54. The third kappa shape index (κ3) is 3.48. The first-order valence-corrected chi connectivity index (χ1v) is 7.22. The molecule has 3 N–H and O–H groups in total. The van der Waals surface area contributed by atoms with E-state index in [9.17, 15) is 4.79 Å². The summed E-state index contributed by atoms with van der Waals surface area (Å²) in [6, 6.07) is 9.58. The molecule has 118 valence electrons. The highest BCUT2D eigenvalue weighted by Crippen LogP contribution is 2.31. The van der Waals surface area contributed by atoms with Crippen LogP contribution in [-0.4, -0.2) is 23.7 Å². The molecule has 1 heterocycles. The van der Waals surface area contributed by atoms with Crippen LogP contribution in [0.5, 0.6) is 0 Å². The molecule has 0 bridgehead atoms. The molecule has 6 heteroatoms. The van der Waals surface area contributed by atoms with Gasteiger partial charge < -0.3 is 15.6 Å². The number of hydrogen-bond donors (Lipinski definition) is 2. The Balaban J connectivity index is 0.00000176.